The van der Waals surface area contributed by atoms with E-state index in [-0.39, 0.29) is 11.3 Å². The number of nitrogens with zero attached hydrogens (tertiary/aromatic N) is 2. The lowest BCUT2D eigenvalue weighted by Crippen LogP contribution is -2.17. The fourth-order valence-electron chi connectivity index (χ4n) is 3.50. The van der Waals surface area contributed by atoms with E-state index in [1.807, 2.05) is 36.4 Å². The predicted octanol–water partition coefficient (Wildman–Crippen LogP) is 3.30. The first-order valence-corrected chi connectivity index (χ1v) is 9.43. The van der Waals surface area contributed by atoms with Gasteiger partial charge in [-0.15, -0.1) is 0 Å². The molecule has 1 aliphatic rings. The number of aryl methyl sites for hydroxylation is 2. The van der Waals surface area contributed by atoms with Gasteiger partial charge in [-0.3, -0.25) is 4.79 Å². The molecule has 28 heavy (non-hydrogen) atoms. The highest BCUT2D eigenvalue weighted by Crippen LogP contribution is 2.52. The number of amides is 1. The smallest absolute Gasteiger partial charge is 0.251 e. The number of aromatic nitrogens is 2. The SMILES string of the molecule is CNC(=O)c1cccc(CCc2nc(C3(c4cccc(OC)c4)CC3)no2)c1. The molecule has 4 rings (SSSR count). The van der Waals surface area contributed by atoms with Crippen LogP contribution in [0.2, 0.25) is 0 Å². The first kappa shape index (κ1) is 18.2. The first-order valence-electron chi connectivity index (χ1n) is 9.43. The highest BCUT2D eigenvalue weighted by Gasteiger charge is 2.50. The van der Waals surface area contributed by atoms with Gasteiger partial charge in [-0.1, -0.05) is 29.4 Å². The maximum atomic E-state index is 11.8. The Balaban J connectivity index is 1.47. The van der Waals surface area contributed by atoms with Gasteiger partial charge in [0.05, 0.1) is 12.5 Å². The highest BCUT2D eigenvalue weighted by atomic mass is 16.5. The molecule has 1 amide bonds. The van der Waals surface area contributed by atoms with Crippen LogP contribution < -0.4 is 10.1 Å². The molecule has 0 spiro atoms. The first-order chi connectivity index (χ1) is 13.6. The van der Waals surface area contributed by atoms with Crippen LogP contribution >= 0.6 is 0 Å². The van der Waals surface area contributed by atoms with Crippen molar-refractivity contribution in [2.75, 3.05) is 14.2 Å². The summed E-state index contributed by atoms with van der Waals surface area (Å²) in [5, 5.41) is 6.91. The number of hydrogen-bond donors (Lipinski definition) is 1. The summed E-state index contributed by atoms with van der Waals surface area (Å²) >= 11 is 0. The Morgan fingerprint density at radius 3 is 2.75 bits per heavy atom. The number of carbonyl (C=O) groups excluding carboxylic acids is 1. The molecule has 1 aliphatic carbocycles. The Hall–Kier alpha value is -3.15. The molecule has 0 unspecified atom stereocenters. The van der Waals surface area contributed by atoms with E-state index in [9.17, 15) is 4.79 Å². The molecule has 6 heteroatoms. The Bertz CT molecular complexity index is 992. The van der Waals surface area contributed by atoms with Gasteiger partial charge in [0.15, 0.2) is 5.82 Å². The minimum absolute atomic E-state index is 0.0871. The maximum absolute atomic E-state index is 11.8. The van der Waals surface area contributed by atoms with E-state index in [4.69, 9.17) is 9.26 Å². The number of rotatable bonds is 7. The number of carbonyl (C=O) groups is 1. The van der Waals surface area contributed by atoms with E-state index < -0.39 is 0 Å². The number of ether oxygens (including phenoxy) is 1. The molecule has 2 aromatic carbocycles. The fourth-order valence-corrected chi connectivity index (χ4v) is 3.50. The summed E-state index contributed by atoms with van der Waals surface area (Å²) in [4.78, 5) is 16.4. The molecule has 1 fully saturated rings. The lowest BCUT2D eigenvalue weighted by atomic mass is 9.95. The Labute approximate surface area is 163 Å². The van der Waals surface area contributed by atoms with Crippen molar-refractivity contribution in [2.24, 2.45) is 0 Å². The van der Waals surface area contributed by atoms with Crippen LogP contribution in [0.3, 0.4) is 0 Å². The third-order valence-electron chi connectivity index (χ3n) is 5.31. The van der Waals surface area contributed by atoms with Gasteiger partial charge in [-0.2, -0.15) is 4.98 Å². The molecule has 0 atom stereocenters. The molecule has 1 heterocycles. The number of benzene rings is 2. The summed E-state index contributed by atoms with van der Waals surface area (Å²) in [6.45, 7) is 0. The second kappa shape index (κ2) is 7.46. The van der Waals surface area contributed by atoms with Gasteiger partial charge in [-0.25, -0.2) is 0 Å². The maximum Gasteiger partial charge on any atom is 0.251 e. The topological polar surface area (TPSA) is 77.2 Å². The minimum Gasteiger partial charge on any atom is -0.497 e. The monoisotopic (exact) mass is 377 g/mol. The predicted molar refractivity (Wildman–Crippen MR) is 105 cm³/mol. The van der Waals surface area contributed by atoms with Gasteiger partial charge >= 0.3 is 0 Å². The van der Waals surface area contributed by atoms with Crippen LogP contribution in [-0.2, 0) is 18.3 Å². The quantitative estimate of drug-likeness (QED) is 0.684. The van der Waals surface area contributed by atoms with Crippen LogP contribution in [0.1, 0.15) is 46.0 Å². The van der Waals surface area contributed by atoms with E-state index in [0.29, 0.717) is 17.9 Å². The summed E-state index contributed by atoms with van der Waals surface area (Å²) < 4.78 is 10.9. The summed E-state index contributed by atoms with van der Waals surface area (Å²) in [6, 6.07) is 15.7. The summed E-state index contributed by atoms with van der Waals surface area (Å²) in [6.07, 6.45) is 3.39. The summed E-state index contributed by atoms with van der Waals surface area (Å²) in [5.74, 6) is 2.11. The lowest BCUT2D eigenvalue weighted by molar-refractivity contribution is 0.0963. The molecule has 1 aromatic heterocycles. The van der Waals surface area contributed by atoms with Crippen LogP contribution in [0.4, 0.5) is 0 Å². The molecular weight excluding hydrogens is 354 g/mol. The third kappa shape index (κ3) is 3.50. The second-order valence-corrected chi connectivity index (χ2v) is 7.11. The average Bonchev–Trinajstić information content (AvgIpc) is 3.43. The minimum atomic E-state index is -0.157. The van der Waals surface area contributed by atoms with Crippen molar-refractivity contribution in [3.63, 3.8) is 0 Å². The zero-order valence-corrected chi connectivity index (χ0v) is 16.1. The van der Waals surface area contributed by atoms with Crippen molar-refractivity contribution >= 4 is 5.91 Å². The van der Waals surface area contributed by atoms with Gasteiger partial charge in [0.2, 0.25) is 5.89 Å². The Kier molecular flexibility index (Phi) is 4.86. The van der Waals surface area contributed by atoms with E-state index in [1.165, 1.54) is 0 Å². The largest absolute Gasteiger partial charge is 0.497 e. The van der Waals surface area contributed by atoms with Crippen LogP contribution in [0.15, 0.2) is 53.1 Å². The normalized spacial score (nSPS) is 14.5. The van der Waals surface area contributed by atoms with Crippen molar-refractivity contribution < 1.29 is 14.1 Å². The van der Waals surface area contributed by atoms with Gasteiger partial charge in [0.1, 0.15) is 5.75 Å². The van der Waals surface area contributed by atoms with Crippen molar-refractivity contribution in [1.82, 2.24) is 15.5 Å². The second-order valence-electron chi connectivity index (χ2n) is 7.11. The zero-order valence-electron chi connectivity index (χ0n) is 16.1. The number of hydrogen-bond acceptors (Lipinski definition) is 5. The van der Waals surface area contributed by atoms with Gasteiger partial charge in [0, 0.05) is 19.0 Å². The summed E-state index contributed by atoms with van der Waals surface area (Å²) in [5.41, 5.74) is 2.73. The number of methoxy groups -OCH3 is 1. The highest BCUT2D eigenvalue weighted by molar-refractivity contribution is 5.94. The third-order valence-corrected chi connectivity index (χ3v) is 5.31. The lowest BCUT2D eigenvalue weighted by Gasteiger charge is -2.12. The van der Waals surface area contributed by atoms with Crippen LogP contribution in [0, 0.1) is 0 Å². The van der Waals surface area contributed by atoms with Crippen molar-refractivity contribution in [2.45, 2.75) is 31.1 Å². The molecule has 0 bridgehead atoms. The van der Waals surface area contributed by atoms with E-state index >= 15 is 0 Å². The molecular formula is C22H23N3O3. The van der Waals surface area contributed by atoms with E-state index in [0.717, 1.165) is 42.0 Å². The summed E-state index contributed by atoms with van der Waals surface area (Å²) in [7, 11) is 3.30. The van der Waals surface area contributed by atoms with Crippen molar-refractivity contribution in [3.8, 4) is 5.75 Å². The zero-order chi connectivity index (χ0) is 19.6. The molecule has 1 N–H and O–H groups in total. The molecule has 144 valence electrons. The number of nitrogens with one attached hydrogen (secondary N) is 1. The fraction of sp³-hybridized carbons (Fsp3) is 0.318. The average molecular weight is 377 g/mol. The van der Waals surface area contributed by atoms with Crippen molar-refractivity contribution in [1.29, 1.82) is 0 Å². The van der Waals surface area contributed by atoms with E-state index in [1.54, 1.807) is 20.2 Å². The molecule has 6 nitrogen and oxygen atoms in total. The Morgan fingerprint density at radius 2 is 2.00 bits per heavy atom. The van der Waals surface area contributed by atoms with Crippen molar-refractivity contribution in [3.05, 3.63) is 76.9 Å². The van der Waals surface area contributed by atoms with Gasteiger partial charge < -0.3 is 14.6 Å². The van der Waals surface area contributed by atoms with Crippen LogP contribution in [0.25, 0.3) is 0 Å². The van der Waals surface area contributed by atoms with Gasteiger partial charge in [0.25, 0.3) is 5.91 Å². The molecule has 3 aromatic rings. The van der Waals surface area contributed by atoms with E-state index in [2.05, 4.69) is 21.5 Å². The standard InChI is InChI=1S/C22H23N3O3/c1-23-20(26)16-6-3-5-15(13-16)9-10-19-24-21(25-28-19)22(11-12-22)17-7-4-8-18(14-17)27-2/h3-8,13-14H,9-12H2,1-2H3,(H,23,26). The molecule has 1 saturated carbocycles. The molecule has 0 aliphatic heterocycles. The van der Waals surface area contributed by atoms with Crippen LogP contribution in [0.5, 0.6) is 5.75 Å². The van der Waals surface area contributed by atoms with Gasteiger partial charge in [-0.05, 0) is 54.7 Å². The molecule has 0 saturated heterocycles. The molecule has 0 radical (unpaired) electrons. The Morgan fingerprint density at radius 1 is 1.18 bits per heavy atom. The van der Waals surface area contributed by atoms with Crippen LogP contribution in [-0.4, -0.2) is 30.2 Å².